The molecule has 0 spiro atoms. The van der Waals surface area contributed by atoms with Gasteiger partial charge in [0.2, 0.25) is 0 Å². The monoisotopic (exact) mass is 211 g/mol. The summed E-state index contributed by atoms with van der Waals surface area (Å²) < 4.78 is 5.31. The second kappa shape index (κ2) is 4.01. The van der Waals surface area contributed by atoms with Crippen LogP contribution in [0, 0.1) is 0 Å². The van der Waals surface area contributed by atoms with Crippen molar-refractivity contribution in [1.29, 1.82) is 0 Å². The quantitative estimate of drug-likeness (QED) is 0.561. The van der Waals surface area contributed by atoms with Crippen LogP contribution < -0.4 is 10.6 Å². The van der Waals surface area contributed by atoms with Gasteiger partial charge < -0.3 is 15.4 Å². The van der Waals surface area contributed by atoms with Gasteiger partial charge in [-0.1, -0.05) is 0 Å². The Labute approximate surface area is 91.3 Å². The first-order valence-electron chi connectivity index (χ1n) is 6.12. The Morgan fingerprint density at radius 1 is 0.933 bits per heavy atom. The van der Waals surface area contributed by atoms with Gasteiger partial charge in [0.15, 0.2) is 0 Å². The lowest BCUT2D eigenvalue weighted by Gasteiger charge is -2.51. The summed E-state index contributed by atoms with van der Waals surface area (Å²) in [6.07, 6.45) is 3.87. The standard InChI is InChI=1S/C6H12N2.C5H9NO/c1-8-5-2-6(8)4-7-3-5;1-4-2-6-3-5(1)7-4/h5-7H,2-4H2,1H3;4-6H,1-3H2. The predicted octanol–water partition coefficient (Wildman–Crippen LogP) is -0.591. The Morgan fingerprint density at radius 2 is 1.47 bits per heavy atom. The van der Waals surface area contributed by atoms with Crippen molar-refractivity contribution in [1.82, 2.24) is 15.5 Å². The van der Waals surface area contributed by atoms with Crippen molar-refractivity contribution in [3.05, 3.63) is 0 Å². The fraction of sp³-hybridized carbons (Fsp3) is 1.00. The van der Waals surface area contributed by atoms with E-state index < -0.39 is 0 Å². The first-order valence-corrected chi connectivity index (χ1v) is 6.12. The van der Waals surface area contributed by atoms with E-state index >= 15 is 0 Å². The number of ether oxygens (including phenoxy) is 1. The number of piperazine rings is 1. The van der Waals surface area contributed by atoms with E-state index in [0.29, 0.717) is 12.2 Å². The van der Waals surface area contributed by atoms with Gasteiger partial charge in [0.1, 0.15) is 0 Å². The van der Waals surface area contributed by atoms with Crippen LogP contribution in [-0.2, 0) is 4.74 Å². The number of hydrogen-bond donors (Lipinski definition) is 2. The van der Waals surface area contributed by atoms with Gasteiger partial charge in [-0.25, -0.2) is 0 Å². The maximum Gasteiger partial charge on any atom is 0.0729 e. The van der Waals surface area contributed by atoms with Crippen LogP contribution in [0.1, 0.15) is 12.8 Å². The third kappa shape index (κ3) is 1.91. The number of piperidine rings is 2. The minimum atomic E-state index is 0.568. The molecule has 6 saturated heterocycles. The van der Waals surface area contributed by atoms with E-state index in [2.05, 4.69) is 22.6 Å². The second-order valence-corrected chi connectivity index (χ2v) is 5.14. The van der Waals surface area contributed by atoms with Gasteiger partial charge in [0.05, 0.1) is 12.2 Å². The molecule has 0 amide bonds. The fourth-order valence-electron chi connectivity index (χ4n) is 2.90. The van der Waals surface area contributed by atoms with Crippen LogP contribution in [0.4, 0.5) is 0 Å². The molecule has 0 aliphatic carbocycles. The maximum atomic E-state index is 5.31. The lowest BCUT2D eigenvalue weighted by atomic mass is 9.90. The molecule has 6 aliphatic rings. The summed E-state index contributed by atoms with van der Waals surface area (Å²) in [5.41, 5.74) is 0. The number of nitrogens with zero attached hydrogens (tertiary/aromatic N) is 1. The minimum Gasteiger partial charge on any atom is -0.372 e. The van der Waals surface area contributed by atoms with Gasteiger partial charge in [-0.2, -0.15) is 0 Å². The molecular weight excluding hydrogens is 190 g/mol. The van der Waals surface area contributed by atoms with Crippen LogP contribution in [-0.4, -0.2) is 62.4 Å². The van der Waals surface area contributed by atoms with Crippen molar-refractivity contribution in [2.75, 3.05) is 33.2 Å². The molecular formula is C11H21N3O. The zero-order valence-electron chi connectivity index (χ0n) is 9.41. The molecule has 4 atom stereocenters. The first kappa shape index (κ1) is 10.0. The minimum absolute atomic E-state index is 0.568. The molecule has 6 fully saturated rings. The highest BCUT2D eigenvalue weighted by molar-refractivity contribution is 4.97. The summed E-state index contributed by atoms with van der Waals surface area (Å²) in [4.78, 5) is 2.47. The van der Waals surface area contributed by atoms with Crippen LogP contribution in [0.5, 0.6) is 0 Å². The number of nitrogens with one attached hydrogen (secondary N) is 2. The summed E-state index contributed by atoms with van der Waals surface area (Å²) >= 11 is 0. The molecule has 0 aromatic carbocycles. The Kier molecular flexibility index (Phi) is 2.68. The molecule has 0 aromatic heterocycles. The van der Waals surface area contributed by atoms with Crippen LogP contribution in [0.2, 0.25) is 0 Å². The van der Waals surface area contributed by atoms with Crippen LogP contribution in [0.3, 0.4) is 0 Å². The van der Waals surface area contributed by atoms with Crippen molar-refractivity contribution in [3.63, 3.8) is 0 Å². The molecule has 6 heterocycles. The van der Waals surface area contributed by atoms with E-state index in [1.807, 2.05) is 0 Å². The largest absolute Gasteiger partial charge is 0.372 e. The highest BCUT2D eigenvalue weighted by atomic mass is 16.5. The van der Waals surface area contributed by atoms with Gasteiger partial charge in [-0.3, -0.25) is 4.90 Å². The molecule has 0 aromatic rings. The molecule has 6 rings (SSSR count). The highest BCUT2D eigenvalue weighted by Gasteiger charge is 2.37. The van der Waals surface area contributed by atoms with Crippen LogP contribution >= 0.6 is 0 Å². The van der Waals surface area contributed by atoms with E-state index in [9.17, 15) is 0 Å². The van der Waals surface area contributed by atoms with Crippen molar-refractivity contribution >= 4 is 0 Å². The molecule has 4 unspecified atom stereocenters. The topological polar surface area (TPSA) is 36.5 Å². The number of morpholine rings is 1. The number of rotatable bonds is 0. The Bertz CT molecular complexity index is 202. The lowest BCUT2D eigenvalue weighted by Crippen LogP contribution is -2.66. The molecule has 6 aliphatic heterocycles. The number of likely N-dealkylation sites (N-methyl/N-ethyl adjacent to an activating group) is 1. The third-order valence-electron chi connectivity index (χ3n) is 4.11. The van der Waals surface area contributed by atoms with E-state index in [0.717, 1.165) is 25.2 Å². The molecule has 15 heavy (non-hydrogen) atoms. The van der Waals surface area contributed by atoms with Crippen molar-refractivity contribution in [2.45, 2.75) is 37.1 Å². The molecule has 4 heteroatoms. The van der Waals surface area contributed by atoms with Crippen molar-refractivity contribution in [2.24, 2.45) is 0 Å². The van der Waals surface area contributed by atoms with E-state index in [-0.39, 0.29) is 0 Å². The third-order valence-corrected chi connectivity index (χ3v) is 4.11. The summed E-state index contributed by atoms with van der Waals surface area (Å²) in [5, 5.41) is 6.63. The molecule has 4 bridgehead atoms. The van der Waals surface area contributed by atoms with E-state index in [1.54, 1.807) is 0 Å². The van der Waals surface area contributed by atoms with Gasteiger partial charge in [-0.15, -0.1) is 0 Å². The average Bonchev–Trinajstić information content (AvgIpc) is 2.30. The smallest absolute Gasteiger partial charge is 0.0729 e. The summed E-state index contributed by atoms with van der Waals surface area (Å²) in [6.45, 7) is 4.59. The Hall–Kier alpha value is -0.160. The molecule has 4 nitrogen and oxygen atoms in total. The molecule has 0 saturated carbocycles. The maximum absolute atomic E-state index is 5.31. The van der Waals surface area contributed by atoms with Gasteiger partial charge in [0, 0.05) is 44.7 Å². The normalized spacial score (nSPS) is 47.0. The van der Waals surface area contributed by atoms with E-state index in [1.165, 1.54) is 25.9 Å². The molecule has 0 radical (unpaired) electrons. The zero-order valence-corrected chi connectivity index (χ0v) is 9.41. The van der Waals surface area contributed by atoms with Gasteiger partial charge >= 0.3 is 0 Å². The highest BCUT2D eigenvalue weighted by Crippen LogP contribution is 2.25. The zero-order chi connectivity index (χ0) is 10.3. The number of fused-ring (bicyclic) bond motifs is 4. The summed E-state index contributed by atoms with van der Waals surface area (Å²) in [7, 11) is 2.22. The van der Waals surface area contributed by atoms with Gasteiger partial charge in [0.25, 0.3) is 0 Å². The van der Waals surface area contributed by atoms with Crippen molar-refractivity contribution < 1.29 is 4.74 Å². The number of hydrogen-bond acceptors (Lipinski definition) is 4. The summed E-state index contributed by atoms with van der Waals surface area (Å²) in [5.74, 6) is 0. The predicted molar refractivity (Wildman–Crippen MR) is 59.0 cm³/mol. The van der Waals surface area contributed by atoms with Crippen LogP contribution in [0.15, 0.2) is 0 Å². The second-order valence-electron chi connectivity index (χ2n) is 5.14. The first-order chi connectivity index (χ1) is 7.33. The summed E-state index contributed by atoms with van der Waals surface area (Å²) in [6, 6.07) is 1.74. The van der Waals surface area contributed by atoms with Crippen molar-refractivity contribution in [3.8, 4) is 0 Å². The lowest BCUT2D eigenvalue weighted by molar-refractivity contribution is -0.143. The SMILES string of the molecule is C1NCC2CC1O2.CN1C2CNCC1C2. The van der Waals surface area contributed by atoms with Crippen LogP contribution in [0.25, 0.3) is 0 Å². The van der Waals surface area contributed by atoms with Gasteiger partial charge in [-0.05, 0) is 13.5 Å². The van der Waals surface area contributed by atoms with E-state index in [4.69, 9.17) is 4.74 Å². The average molecular weight is 211 g/mol. The molecule has 2 N–H and O–H groups in total. The fourth-order valence-corrected chi connectivity index (χ4v) is 2.90. The Balaban J connectivity index is 0.0000000971. The Morgan fingerprint density at radius 3 is 1.67 bits per heavy atom. The molecule has 86 valence electrons.